The molecule has 2 aliphatic carbocycles. The first-order chi connectivity index (χ1) is 12.9. The molecule has 0 radical (unpaired) electrons. The zero-order valence-electron chi connectivity index (χ0n) is 17.6. The fourth-order valence-corrected chi connectivity index (χ4v) is 4.42. The van der Waals surface area contributed by atoms with E-state index in [-0.39, 0.29) is 35.7 Å². The highest BCUT2D eigenvalue weighted by Crippen LogP contribution is 2.44. The zero-order valence-corrected chi connectivity index (χ0v) is 17.6. The Labute approximate surface area is 163 Å². The first-order valence-corrected chi connectivity index (χ1v) is 10.4. The standard InChI is InChI=1S/C19H31NO5.C2H6/c1-13(16(21)24-2)12-19(10-4-5-11-19)18(23)20-15-8-6-14(7-9-15)17(22)25-3;1-2/h13-15H,4-12H2,1-3H3,(H,20,23);1-2H3. The van der Waals surface area contributed by atoms with Crippen molar-refractivity contribution in [2.24, 2.45) is 17.3 Å². The molecule has 156 valence electrons. The first-order valence-electron chi connectivity index (χ1n) is 10.4. The van der Waals surface area contributed by atoms with E-state index >= 15 is 0 Å². The fourth-order valence-electron chi connectivity index (χ4n) is 4.42. The van der Waals surface area contributed by atoms with Gasteiger partial charge in [0.15, 0.2) is 0 Å². The van der Waals surface area contributed by atoms with Crippen molar-refractivity contribution in [2.45, 2.75) is 84.6 Å². The molecule has 6 nitrogen and oxygen atoms in total. The molecule has 0 saturated heterocycles. The number of hydrogen-bond acceptors (Lipinski definition) is 5. The summed E-state index contributed by atoms with van der Waals surface area (Å²) in [6, 6.07) is 0.110. The Balaban J connectivity index is 0.00000176. The molecule has 0 aliphatic heterocycles. The van der Waals surface area contributed by atoms with Crippen LogP contribution in [0.5, 0.6) is 0 Å². The Hall–Kier alpha value is -1.59. The number of amides is 1. The molecule has 0 bridgehead atoms. The van der Waals surface area contributed by atoms with Gasteiger partial charge in [-0.15, -0.1) is 0 Å². The SMILES string of the molecule is CC.COC(=O)C(C)CC1(C(=O)NC2CCC(C(=O)OC)CC2)CCCC1. The van der Waals surface area contributed by atoms with Crippen molar-refractivity contribution in [2.75, 3.05) is 14.2 Å². The minimum Gasteiger partial charge on any atom is -0.469 e. The van der Waals surface area contributed by atoms with Crippen molar-refractivity contribution in [3.8, 4) is 0 Å². The van der Waals surface area contributed by atoms with Gasteiger partial charge in [-0.2, -0.15) is 0 Å². The Kier molecular flexibility index (Phi) is 9.81. The highest BCUT2D eigenvalue weighted by atomic mass is 16.5. The van der Waals surface area contributed by atoms with Crippen LogP contribution in [0, 0.1) is 17.3 Å². The molecule has 0 aromatic rings. The molecule has 2 saturated carbocycles. The second kappa shape index (κ2) is 11.3. The van der Waals surface area contributed by atoms with E-state index in [1.807, 2.05) is 20.8 Å². The number of carbonyl (C=O) groups excluding carboxylic acids is 3. The highest BCUT2D eigenvalue weighted by molar-refractivity contribution is 5.84. The maximum absolute atomic E-state index is 13.0. The van der Waals surface area contributed by atoms with Gasteiger partial charge in [0.05, 0.1) is 26.1 Å². The Morgan fingerprint density at radius 1 is 1.00 bits per heavy atom. The van der Waals surface area contributed by atoms with E-state index in [0.717, 1.165) is 51.4 Å². The monoisotopic (exact) mass is 383 g/mol. The lowest BCUT2D eigenvalue weighted by atomic mass is 9.76. The average molecular weight is 384 g/mol. The van der Waals surface area contributed by atoms with Crippen LogP contribution < -0.4 is 5.32 Å². The van der Waals surface area contributed by atoms with Crippen molar-refractivity contribution in [1.82, 2.24) is 5.32 Å². The normalized spacial score (nSPS) is 24.8. The van der Waals surface area contributed by atoms with Crippen molar-refractivity contribution in [1.29, 1.82) is 0 Å². The molecular formula is C21H37NO5. The van der Waals surface area contributed by atoms with Crippen molar-refractivity contribution in [3.05, 3.63) is 0 Å². The van der Waals surface area contributed by atoms with Gasteiger partial charge in [-0.3, -0.25) is 14.4 Å². The van der Waals surface area contributed by atoms with E-state index in [2.05, 4.69) is 5.32 Å². The van der Waals surface area contributed by atoms with Gasteiger partial charge in [-0.1, -0.05) is 33.6 Å². The van der Waals surface area contributed by atoms with Crippen LogP contribution in [0.15, 0.2) is 0 Å². The largest absolute Gasteiger partial charge is 0.469 e. The smallest absolute Gasteiger partial charge is 0.308 e. The second-order valence-corrected chi connectivity index (χ2v) is 7.66. The van der Waals surface area contributed by atoms with Gasteiger partial charge in [0, 0.05) is 11.5 Å². The summed E-state index contributed by atoms with van der Waals surface area (Å²) in [5, 5.41) is 3.20. The van der Waals surface area contributed by atoms with E-state index in [1.165, 1.54) is 14.2 Å². The van der Waals surface area contributed by atoms with Crippen LogP contribution in [0.2, 0.25) is 0 Å². The molecule has 27 heavy (non-hydrogen) atoms. The van der Waals surface area contributed by atoms with E-state index in [1.54, 1.807) is 0 Å². The van der Waals surface area contributed by atoms with Gasteiger partial charge in [-0.05, 0) is 44.9 Å². The predicted octanol–water partition coefficient (Wildman–Crippen LogP) is 3.62. The number of esters is 2. The number of rotatable bonds is 6. The van der Waals surface area contributed by atoms with E-state index in [9.17, 15) is 14.4 Å². The van der Waals surface area contributed by atoms with Crippen LogP contribution in [0.4, 0.5) is 0 Å². The van der Waals surface area contributed by atoms with Crippen molar-refractivity contribution >= 4 is 17.8 Å². The maximum Gasteiger partial charge on any atom is 0.308 e. The summed E-state index contributed by atoms with van der Waals surface area (Å²) in [6.07, 6.45) is 7.36. The van der Waals surface area contributed by atoms with Gasteiger partial charge >= 0.3 is 11.9 Å². The van der Waals surface area contributed by atoms with E-state index in [4.69, 9.17) is 9.47 Å². The maximum atomic E-state index is 13.0. The molecule has 1 N–H and O–H groups in total. The third-order valence-corrected chi connectivity index (χ3v) is 5.94. The molecule has 1 amide bonds. The molecule has 1 unspecified atom stereocenters. The van der Waals surface area contributed by atoms with Gasteiger partial charge in [0.2, 0.25) is 5.91 Å². The highest BCUT2D eigenvalue weighted by Gasteiger charge is 2.44. The molecule has 0 aromatic carbocycles. The number of ether oxygens (including phenoxy) is 2. The van der Waals surface area contributed by atoms with E-state index in [0.29, 0.717) is 6.42 Å². The summed E-state index contributed by atoms with van der Waals surface area (Å²) >= 11 is 0. The van der Waals surface area contributed by atoms with Crippen LogP contribution in [-0.2, 0) is 23.9 Å². The van der Waals surface area contributed by atoms with Gasteiger partial charge in [0.25, 0.3) is 0 Å². The summed E-state index contributed by atoms with van der Waals surface area (Å²) in [5.41, 5.74) is -0.452. The minimum atomic E-state index is -0.452. The summed E-state index contributed by atoms with van der Waals surface area (Å²) in [5.74, 6) is -0.647. The number of methoxy groups -OCH3 is 2. The minimum absolute atomic E-state index is 0.0436. The van der Waals surface area contributed by atoms with Gasteiger partial charge < -0.3 is 14.8 Å². The first kappa shape index (κ1) is 23.4. The zero-order chi connectivity index (χ0) is 20.4. The molecule has 6 heteroatoms. The lowest BCUT2D eigenvalue weighted by molar-refractivity contribution is -0.147. The number of hydrogen-bond donors (Lipinski definition) is 1. The van der Waals surface area contributed by atoms with E-state index < -0.39 is 5.41 Å². The quantitative estimate of drug-likeness (QED) is 0.709. The third-order valence-electron chi connectivity index (χ3n) is 5.94. The Morgan fingerprint density at radius 3 is 2.04 bits per heavy atom. The van der Waals surface area contributed by atoms with Gasteiger partial charge in [-0.25, -0.2) is 0 Å². The third kappa shape index (κ3) is 6.22. The lowest BCUT2D eigenvalue weighted by Gasteiger charge is -2.34. The summed E-state index contributed by atoms with van der Waals surface area (Å²) in [6.45, 7) is 5.83. The predicted molar refractivity (Wildman–Crippen MR) is 104 cm³/mol. The summed E-state index contributed by atoms with van der Waals surface area (Å²) in [7, 11) is 2.81. The van der Waals surface area contributed by atoms with Crippen LogP contribution in [-0.4, -0.2) is 38.1 Å². The fraction of sp³-hybridized carbons (Fsp3) is 0.857. The van der Waals surface area contributed by atoms with Crippen LogP contribution in [0.3, 0.4) is 0 Å². The molecule has 2 fully saturated rings. The average Bonchev–Trinajstić information content (AvgIpc) is 3.18. The molecule has 2 aliphatic rings. The molecule has 0 aromatic heterocycles. The summed E-state index contributed by atoms with van der Waals surface area (Å²) < 4.78 is 9.64. The second-order valence-electron chi connectivity index (χ2n) is 7.66. The molecule has 1 atom stereocenters. The van der Waals surface area contributed by atoms with Crippen LogP contribution in [0.1, 0.15) is 78.6 Å². The molecule has 2 rings (SSSR count). The molecule has 0 spiro atoms. The number of carbonyl (C=O) groups is 3. The Morgan fingerprint density at radius 2 is 1.56 bits per heavy atom. The van der Waals surface area contributed by atoms with Crippen LogP contribution in [0.25, 0.3) is 0 Å². The lowest BCUT2D eigenvalue weighted by Crippen LogP contribution is -2.47. The van der Waals surface area contributed by atoms with Crippen molar-refractivity contribution < 1.29 is 23.9 Å². The molecular weight excluding hydrogens is 346 g/mol. The van der Waals surface area contributed by atoms with Gasteiger partial charge in [0.1, 0.15) is 0 Å². The number of nitrogens with one attached hydrogen (secondary N) is 1. The summed E-state index contributed by atoms with van der Waals surface area (Å²) in [4.78, 5) is 36.4. The Bertz CT molecular complexity index is 491. The topological polar surface area (TPSA) is 81.7 Å². The van der Waals surface area contributed by atoms with Crippen molar-refractivity contribution in [3.63, 3.8) is 0 Å². The van der Waals surface area contributed by atoms with Crippen LogP contribution >= 0.6 is 0 Å². The molecule has 0 heterocycles.